The number of aromatic carboxylic acids is 1. The van der Waals surface area contributed by atoms with Crippen molar-refractivity contribution in [2.45, 2.75) is 0 Å². The Morgan fingerprint density at radius 3 is 2.65 bits per heavy atom. The zero-order valence-electron chi connectivity index (χ0n) is 9.39. The third-order valence-electron chi connectivity index (χ3n) is 2.34. The van der Waals surface area contributed by atoms with Crippen molar-refractivity contribution in [2.75, 3.05) is 14.1 Å². The lowest BCUT2D eigenvalue weighted by molar-refractivity contribution is 0.0696. The van der Waals surface area contributed by atoms with E-state index >= 15 is 0 Å². The fraction of sp³-hybridized carbons (Fsp3) is 0.182. The molecule has 2 N–H and O–H groups in total. The van der Waals surface area contributed by atoms with E-state index < -0.39 is 5.97 Å². The summed E-state index contributed by atoms with van der Waals surface area (Å²) >= 11 is 0. The maximum Gasteiger partial charge on any atom is 0.335 e. The molecular weight excluding hydrogens is 222 g/mol. The number of aromatic nitrogens is 2. The van der Waals surface area contributed by atoms with Gasteiger partial charge in [-0.3, -0.25) is 4.79 Å². The summed E-state index contributed by atoms with van der Waals surface area (Å²) < 4.78 is 0. The average molecular weight is 233 g/mol. The van der Waals surface area contributed by atoms with E-state index in [0.717, 1.165) is 0 Å². The molecule has 6 heteroatoms. The smallest absolute Gasteiger partial charge is 0.335 e. The van der Waals surface area contributed by atoms with Gasteiger partial charge in [0, 0.05) is 14.1 Å². The van der Waals surface area contributed by atoms with Crippen LogP contribution in [-0.2, 0) is 0 Å². The lowest BCUT2D eigenvalue weighted by atomic mass is 10.2. The van der Waals surface area contributed by atoms with E-state index in [1.54, 1.807) is 20.2 Å². The van der Waals surface area contributed by atoms with Crippen LogP contribution in [0.2, 0.25) is 0 Å². The first-order valence-electron chi connectivity index (χ1n) is 4.94. The molecule has 0 fully saturated rings. The van der Waals surface area contributed by atoms with E-state index in [1.165, 1.54) is 17.0 Å². The van der Waals surface area contributed by atoms with Crippen molar-refractivity contribution in [3.05, 3.63) is 29.6 Å². The molecule has 1 aromatic carbocycles. The number of aromatic amines is 1. The van der Waals surface area contributed by atoms with E-state index in [-0.39, 0.29) is 17.3 Å². The van der Waals surface area contributed by atoms with Crippen LogP contribution < -0.4 is 0 Å². The van der Waals surface area contributed by atoms with Crippen LogP contribution in [0.25, 0.3) is 11.0 Å². The van der Waals surface area contributed by atoms with Crippen LogP contribution in [0.3, 0.4) is 0 Å². The van der Waals surface area contributed by atoms with Gasteiger partial charge in [-0.15, -0.1) is 0 Å². The van der Waals surface area contributed by atoms with Crippen molar-refractivity contribution in [1.29, 1.82) is 0 Å². The van der Waals surface area contributed by atoms with Crippen molar-refractivity contribution >= 4 is 22.9 Å². The molecule has 0 unspecified atom stereocenters. The summed E-state index contributed by atoms with van der Waals surface area (Å²) in [6, 6.07) is 4.49. The van der Waals surface area contributed by atoms with Gasteiger partial charge < -0.3 is 15.0 Å². The van der Waals surface area contributed by atoms with E-state index in [9.17, 15) is 9.59 Å². The zero-order chi connectivity index (χ0) is 12.6. The highest BCUT2D eigenvalue weighted by Gasteiger charge is 2.14. The fourth-order valence-electron chi connectivity index (χ4n) is 1.45. The molecule has 0 spiro atoms. The predicted molar refractivity (Wildman–Crippen MR) is 61.1 cm³/mol. The van der Waals surface area contributed by atoms with Crippen LogP contribution in [0.5, 0.6) is 0 Å². The van der Waals surface area contributed by atoms with Gasteiger partial charge >= 0.3 is 5.97 Å². The summed E-state index contributed by atoms with van der Waals surface area (Å²) in [7, 11) is 3.25. The molecule has 0 bridgehead atoms. The minimum Gasteiger partial charge on any atom is -0.478 e. The summed E-state index contributed by atoms with van der Waals surface area (Å²) in [5, 5.41) is 8.84. The van der Waals surface area contributed by atoms with E-state index in [4.69, 9.17) is 5.11 Å². The Balaban J connectivity index is 2.51. The Morgan fingerprint density at radius 2 is 2.06 bits per heavy atom. The molecular formula is C11H11N3O3. The van der Waals surface area contributed by atoms with Crippen molar-refractivity contribution in [3.63, 3.8) is 0 Å². The molecule has 88 valence electrons. The molecule has 2 rings (SSSR count). The van der Waals surface area contributed by atoms with E-state index in [0.29, 0.717) is 11.0 Å². The number of hydrogen-bond donors (Lipinski definition) is 2. The minimum atomic E-state index is -1.02. The number of hydrogen-bond acceptors (Lipinski definition) is 3. The van der Waals surface area contributed by atoms with Crippen molar-refractivity contribution in [2.24, 2.45) is 0 Å². The average Bonchev–Trinajstić information content (AvgIpc) is 2.69. The number of amides is 1. The Bertz CT molecular complexity index is 601. The zero-order valence-corrected chi connectivity index (χ0v) is 9.39. The van der Waals surface area contributed by atoms with Gasteiger partial charge in [0.2, 0.25) is 0 Å². The minimum absolute atomic E-state index is 0.146. The molecule has 0 radical (unpaired) electrons. The number of H-pyrrole nitrogens is 1. The maximum atomic E-state index is 11.6. The van der Waals surface area contributed by atoms with Crippen LogP contribution >= 0.6 is 0 Å². The highest BCUT2D eigenvalue weighted by atomic mass is 16.4. The van der Waals surface area contributed by atoms with Gasteiger partial charge in [-0.2, -0.15) is 0 Å². The normalized spacial score (nSPS) is 10.5. The van der Waals surface area contributed by atoms with Gasteiger partial charge in [0.1, 0.15) is 0 Å². The van der Waals surface area contributed by atoms with Crippen LogP contribution in [0, 0.1) is 0 Å². The summed E-state index contributed by atoms with van der Waals surface area (Å²) in [6.45, 7) is 0. The predicted octanol–water partition coefficient (Wildman–Crippen LogP) is 0.963. The number of rotatable bonds is 2. The molecule has 0 aliphatic carbocycles. The van der Waals surface area contributed by atoms with Crippen LogP contribution in [0.1, 0.15) is 21.0 Å². The Kier molecular flexibility index (Phi) is 2.55. The molecule has 2 aromatic rings. The van der Waals surface area contributed by atoms with Gasteiger partial charge in [0.15, 0.2) is 5.82 Å². The quantitative estimate of drug-likeness (QED) is 0.809. The van der Waals surface area contributed by atoms with Gasteiger partial charge in [-0.05, 0) is 18.2 Å². The van der Waals surface area contributed by atoms with Crippen molar-refractivity contribution in [3.8, 4) is 0 Å². The monoisotopic (exact) mass is 233 g/mol. The number of nitrogens with zero attached hydrogens (tertiary/aromatic N) is 2. The highest BCUT2D eigenvalue weighted by Crippen LogP contribution is 2.14. The Labute approximate surface area is 96.9 Å². The summed E-state index contributed by atoms with van der Waals surface area (Å²) in [5.74, 6) is -1.07. The number of carbonyl (C=O) groups excluding carboxylic acids is 1. The number of carbonyl (C=O) groups is 2. The molecule has 0 saturated carbocycles. The van der Waals surface area contributed by atoms with Gasteiger partial charge in [-0.1, -0.05) is 0 Å². The second kappa shape index (κ2) is 3.89. The molecule has 0 atom stereocenters. The van der Waals surface area contributed by atoms with Crippen LogP contribution in [-0.4, -0.2) is 45.9 Å². The first-order chi connectivity index (χ1) is 7.99. The summed E-state index contributed by atoms with van der Waals surface area (Å²) in [5.41, 5.74) is 1.25. The van der Waals surface area contributed by atoms with Gasteiger partial charge in [-0.25, -0.2) is 9.78 Å². The first kappa shape index (κ1) is 11.1. The van der Waals surface area contributed by atoms with Crippen LogP contribution in [0.4, 0.5) is 0 Å². The molecule has 17 heavy (non-hydrogen) atoms. The first-order valence-corrected chi connectivity index (χ1v) is 4.94. The van der Waals surface area contributed by atoms with E-state index in [2.05, 4.69) is 9.97 Å². The lowest BCUT2D eigenvalue weighted by Crippen LogP contribution is -2.22. The third-order valence-corrected chi connectivity index (χ3v) is 2.34. The summed E-state index contributed by atoms with van der Waals surface area (Å²) in [4.78, 5) is 30.7. The highest BCUT2D eigenvalue weighted by molar-refractivity contribution is 5.96. The fourth-order valence-corrected chi connectivity index (χ4v) is 1.45. The van der Waals surface area contributed by atoms with Crippen molar-refractivity contribution in [1.82, 2.24) is 14.9 Å². The second-order valence-electron chi connectivity index (χ2n) is 3.82. The number of imidazole rings is 1. The maximum absolute atomic E-state index is 11.6. The Hall–Kier alpha value is -2.37. The molecule has 1 amide bonds. The number of carboxylic acid groups (broad SMARTS) is 1. The number of fused-ring (bicyclic) bond motifs is 1. The standard InChI is InChI=1S/C11H11N3O3/c1-14(2)10(15)9-12-7-4-3-6(11(16)17)5-8(7)13-9/h3-5H,1-2H3,(H,12,13)(H,16,17). The largest absolute Gasteiger partial charge is 0.478 e. The van der Waals surface area contributed by atoms with Gasteiger partial charge in [0.05, 0.1) is 16.6 Å². The lowest BCUT2D eigenvalue weighted by Gasteiger charge is -2.06. The molecule has 0 saturated heterocycles. The van der Waals surface area contributed by atoms with Crippen LogP contribution in [0.15, 0.2) is 18.2 Å². The molecule has 6 nitrogen and oxygen atoms in total. The van der Waals surface area contributed by atoms with Crippen molar-refractivity contribution < 1.29 is 14.7 Å². The Morgan fingerprint density at radius 1 is 1.35 bits per heavy atom. The number of benzene rings is 1. The summed E-state index contributed by atoms with van der Waals surface area (Å²) in [6.07, 6.45) is 0. The topological polar surface area (TPSA) is 86.3 Å². The number of carboxylic acids is 1. The third kappa shape index (κ3) is 1.96. The molecule has 0 aliphatic rings. The van der Waals surface area contributed by atoms with Gasteiger partial charge in [0.25, 0.3) is 5.91 Å². The molecule has 1 heterocycles. The SMILES string of the molecule is CN(C)C(=O)c1nc2cc(C(=O)O)ccc2[nH]1. The van der Waals surface area contributed by atoms with E-state index in [1.807, 2.05) is 0 Å². The second-order valence-corrected chi connectivity index (χ2v) is 3.82. The molecule has 1 aromatic heterocycles. The molecule has 0 aliphatic heterocycles. The number of nitrogens with one attached hydrogen (secondary N) is 1.